The predicted molar refractivity (Wildman–Crippen MR) is 139 cm³/mol. The molecule has 4 heteroatoms. The number of fused-ring (bicyclic) bond motifs is 3. The first kappa shape index (κ1) is 24.4. The molecule has 2 saturated heterocycles. The maximum atomic E-state index is 13.2. The summed E-state index contributed by atoms with van der Waals surface area (Å²) in [6.45, 7) is 11.8. The normalized spacial score (nSPS) is 28.8. The molecule has 2 bridgehead atoms. The Hall–Kier alpha value is -2.33. The lowest BCUT2D eigenvalue weighted by Crippen LogP contribution is -2.59. The number of benzene rings is 2. The monoisotopic (exact) mass is 475 g/mol. The number of carbonyl (C=O) groups is 1. The van der Waals surface area contributed by atoms with Gasteiger partial charge in [0.25, 0.3) is 0 Å². The van der Waals surface area contributed by atoms with E-state index < -0.39 is 5.60 Å². The maximum absolute atomic E-state index is 13.2. The quantitative estimate of drug-likeness (QED) is 0.526. The van der Waals surface area contributed by atoms with Gasteiger partial charge in [-0.3, -0.25) is 0 Å². The number of ether oxygens (including phenoxy) is 1. The van der Waals surface area contributed by atoms with Crippen molar-refractivity contribution in [2.45, 2.75) is 115 Å². The van der Waals surface area contributed by atoms with E-state index in [0.717, 1.165) is 36.8 Å². The van der Waals surface area contributed by atoms with Crippen molar-refractivity contribution in [1.29, 1.82) is 0 Å². The first-order chi connectivity index (χ1) is 16.5. The van der Waals surface area contributed by atoms with Crippen LogP contribution in [0.1, 0.15) is 100 Å². The fourth-order valence-electron chi connectivity index (χ4n) is 6.96. The standard InChI is InChI=1S/C31H41NO3/c1-21-16-26-27(30(4,5)15-14-29(26,2)3)17-25(21)31(34)18-23-12-9-13-24(19-31)32(23)28(33)35-20-22-10-7-6-8-11-22/h6-8,10-11,16-17,23-24,34H,9,12-15,18-20H2,1-5H3. The average Bonchev–Trinajstić information content (AvgIpc) is 2.80. The van der Waals surface area contributed by atoms with Crippen LogP contribution in [0.5, 0.6) is 0 Å². The summed E-state index contributed by atoms with van der Waals surface area (Å²) >= 11 is 0. The average molecular weight is 476 g/mol. The number of rotatable bonds is 3. The molecule has 35 heavy (non-hydrogen) atoms. The van der Waals surface area contributed by atoms with Gasteiger partial charge < -0.3 is 14.7 Å². The van der Waals surface area contributed by atoms with E-state index in [1.807, 2.05) is 35.2 Å². The number of carbonyl (C=O) groups excluding carboxylic acids is 1. The van der Waals surface area contributed by atoms with Gasteiger partial charge in [0.2, 0.25) is 0 Å². The fourth-order valence-corrected chi connectivity index (χ4v) is 6.96. The van der Waals surface area contributed by atoms with Crippen molar-refractivity contribution >= 4 is 6.09 Å². The molecule has 1 amide bonds. The zero-order valence-electron chi connectivity index (χ0n) is 22.1. The van der Waals surface area contributed by atoms with E-state index in [1.54, 1.807) is 0 Å². The van der Waals surface area contributed by atoms with Crippen molar-refractivity contribution in [2.24, 2.45) is 0 Å². The molecule has 0 spiro atoms. The highest BCUT2D eigenvalue weighted by Crippen LogP contribution is 2.50. The van der Waals surface area contributed by atoms with Crippen molar-refractivity contribution in [1.82, 2.24) is 4.90 Å². The number of nitrogens with zero attached hydrogens (tertiary/aromatic N) is 1. The first-order valence-electron chi connectivity index (χ1n) is 13.4. The highest BCUT2D eigenvalue weighted by Gasteiger charge is 2.50. The van der Waals surface area contributed by atoms with Crippen LogP contribution in [0.15, 0.2) is 42.5 Å². The Labute approximate surface area is 210 Å². The van der Waals surface area contributed by atoms with E-state index in [2.05, 4.69) is 46.8 Å². The van der Waals surface area contributed by atoms with Crippen LogP contribution < -0.4 is 0 Å². The van der Waals surface area contributed by atoms with Crippen molar-refractivity contribution < 1.29 is 14.6 Å². The van der Waals surface area contributed by atoms with Gasteiger partial charge in [0.05, 0.1) is 5.60 Å². The molecule has 2 unspecified atom stereocenters. The van der Waals surface area contributed by atoms with E-state index in [9.17, 15) is 9.90 Å². The van der Waals surface area contributed by atoms with Crippen molar-refractivity contribution in [3.63, 3.8) is 0 Å². The molecule has 2 aliphatic heterocycles. The van der Waals surface area contributed by atoms with Gasteiger partial charge in [-0.2, -0.15) is 0 Å². The van der Waals surface area contributed by atoms with Gasteiger partial charge >= 0.3 is 6.09 Å². The third-order valence-corrected chi connectivity index (χ3v) is 9.12. The number of hydrogen-bond donors (Lipinski definition) is 1. The second-order valence-corrected chi connectivity index (χ2v) is 12.6. The highest BCUT2D eigenvalue weighted by atomic mass is 16.6. The lowest BCUT2D eigenvalue weighted by Gasteiger charge is -2.52. The molecular weight excluding hydrogens is 434 g/mol. The molecule has 0 saturated carbocycles. The van der Waals surface area contributed by atoms with Gasteiger partial charge in [-0.05, 0) is 77.7 Å². The number of piperidine rings is 2. The minimum Gasteiger partial charge on any atom is -0.445 e. The molecular formula is C31H41NO3. The predicted octanol–water partition coefficient (Wildman–Crippen LogP) is 6.89. The Kier molecular flexibility index (Phi) is 6.03. The second kappa shape index (κ2) is 8.65. The van der Waals surface area contributed by atoms with Gasteiger partial charge in [-0.25, -0.2) is 4.79 Å². The molecule has 2 heterocycles. The topological polar surface area (TPSA) is 49.8 Å². The van der Waals surface area contributed by atoms with E-state index in [4.69, 9.17) is 4.74 Å². The number of amides is 1. The molecule has 0 aromatic heterocycles. The van der Waals surface area contributed by atoms with Gasteiger partial charge in [0.1, 0.15) is 6.61 Å². The Morgan fingerprint density at radius 3 is 2.11 bits per heavy atom. The third kappa shape index (κ3) is 4.39. The zero-order valence-corrected chi connectivity index (χ0v) is 22.1. The van der Waals surface area contributed by atoms with Crippen LogP contribution in [-0.2, 0) is 27.8 Å². The molecule has 2 aromatic carbocycles. The lowest BCUT2D eigenvalue weighted by atomic mass is 9.61. The first-order valence-corrected chi connectivity index (χ1v) is 13.4. The fraction of sp³-hybridized carbons (Fsp3) is 0.581. The highest BCUT2D eigenvalue weighted by molar-refractivity contribution is 5.69. The van der Waals surface area contributed by atoms with Crippen LogP contribution in [0.3, 0.4) is 0 Å². The van der Waals surface area contributed by atoms with E-state index in [-0.39, 0.29) is 35.6 Å². The van der Waals surface area contributed by atoms with Crippen molar-refractivity contribution in [3.05, 3.63) is 70.3 Å². The van der Waals surface area contributed by atoms with E-state index in [0.29, 0.717) is 12.8 Å². The molecule has 1 aliphatic carbocycles. The SMILES string of the molecule is Cc1cc2c(cc1C1(O)CC3CCCC(C1)N3C(=O)OCc1ccccc1)C(C)(C)CCC2(C)C. The van der Waals surface area contributed by atoms with Crippen LogP contribution in [0, 0.1) is 6.92 Å². The summed E-state index contributed by atoms with van der Waals surface area (Å²) in [6, 6.07) is 14.5. The molecule has 2 atom stereocenters. The maximum Gasteiger partial charge on any atom is 0.410 e. The van der Waals surface area contributed by atoms with Crippen LogP contribution >= 0.6 is 0 Å². The molecule has 0 radical (unpaired) electrons. The summed E-state index contributed by atoms with van der Waals surface area (Å²) in [4.78, 5) is 15.1. The molecule has 5 rings (SSSR count). The summed E-state index contributed by atoms with van der Waals surface area (Å²) in [6.07, 6.45) is 6.18. The molecule has 188 valence electrons. The molecule has 4 nitrogen and oxygen atoms in total. The van der Waals surface area contributed by atoms with Gasteiger partial charge in [-0.1, -0.05) is 70.2 Å². The van der Waals surface area contributed by atoms with Crippen LogP contribution in [0.25, 0.3) is 0 Å². The van der Waals surface area contributed by atoms with Gasteiger partial charge in [0.15, 0.2) is 0 Å². The van der Waals surface area contributed by atoms with Gasteiger partial charge in [-0.15, -0.1) is 0 Å². The Morgan fingerprint density at radius 1 is 0.943 bits per heavy atom. The Balaban J connectivity index is 1.42. The molecule has 2 aromatic rings. The number of aliphatic hydroxyl groups is 1. The lowest BCUT2D eigenvalue weighted by molar-refractivity contribution is -0.0900. The summed E-state index contributed by atoms with van der Waals surface area (Å²) in [7, 11) is 0. The largest absolute Gasteiger partial charge is 0.445 e. The van der Waals surface area contributed by atoms with Crippen LogP contribution in [0.2, 0.25) is 0 Å². The van der Waals surface area contributed by atoms with E-state index >= 15 is 0 Å². The van der Waals surface area contributed by atoms with Crippen molar-refractivity contribution in [2.75, 3.05) is 0 Å². The summed E-state index contributed by atoms with van der Waals surface area (Å²) in [5.41, 5.74) is 5.39. The second-order valence-electron chi connectivity index (χ2n) is 12.6. The van der Waals surface area contributed by atoms with Crippen LogP contribution in [0.4, 0.5) is 4.79 Å². The smallest absolute Gasteiger partial charge is 0.410 e. The molecule has 1 N–H and O–H groups in total. The van der Waals surface area contributed by atoms with E-state index in [1.165, 1.54) is 23.1 Å². The minimum absolute atomic E-state index is 0.00987. The molecule has 3 aliphatic rings. The third-order valence-electron chi connectivity index (χ3n) is 9.12. The van der Waals surface area contributed by atoms with Crippen molar-refractivity contribution in [3.8, 4) is 0 Å². The molecule has 2 fully saturated rings. The summed E-state index contributed by atoms with van der Waals surface area (Å²) in [5.74, 6) is 0. The Bertz CT molecular complexity index is 1090. The Morgan fingerprint density at radius 2 is 1.51 bits per heavy atom. The number of aryl methyl sites for hydroxylation is 1. The number of hydrogen-bond acceptors (Lipinski definition) is 3. The van der Waals surface area contributed by atoms with Gasteiger partial charge in [0, 0.05) is 24.9 Å². The summed E-state index contributed by atoms with van der Waals surface area (Å²) in [5, 5.41) is 12.2. The minimum atomic E-state index is -0.914. The van der Waals surface area contributed by atoms with Crippen LogP contribution in [-0.4, -0.2) is 28.2 Å². The summed E-state index contributed by atoms with van der Waals surface area (Å²) < 4.78 is 5.73. The zero-order chi connectivity index (χ0) is 25.0.